The zero-order valence-corrected chi connectivity index (χ0v) is 12.7. The van der Waals surface area contributed by atoms with Crippen molar-refractivity contribution in [2.45, 2.75) is 51.2 Å². The molecule has 0 saturated carbocycles. The minimum Gasteiger partial charge on any atom is -0.386 e. The summed E-state index contributed by atoms with van der Waals surface area (Å²) in [6, 6.07) is 1.88. The first-order valence-corrected chi connectivity index (χ1v) is 8.07. The molecule has 1 saturated heterocycles. The molecule has 1 aliphatic heterocycles. The molecule has 1 N–H and O–H groups in total. The molecular weight excluding hydrogens is 266 g/mol. The molecule has 1 unspecified atom stereocenters. The van der Waals surface area contributed by atoms with Gasteiger partial charge in [-0.2, -0.15) is 0 Å². The quantitative estimate of drug-likeness (QED) is 0.882. The summed E-state index contributed by atoms with van der Waals surface area (Å²) in [5.74, 6) is 0. The van der Waals surface area contributed by atoms with Crippen LogP contribution in [0, 0.1) is 0 Å². The molecule has 1 aliphatic rings. The van der Waals surface area contributed by atoms with Crippen molar-refractivity contribution in [1.82, 2.24) is 4.90 Å². The van der Waals surface area contributed by atoms with E-state index >= 15 is 0 Å². The van der Waals surface area contributed by atoms with Crippen molar-refractivity contribution in [1.29, 1.82) is 0 Å². The standard InChI is InChI=1S/C14H22ClNOS/c1-3-14(4-2,16-8-5-6-9-16)13(17)12-11(15)7-10-18-12/h7,10,13,17H,3-6,8-9H2,1-2H3. The van der Waals surface area contributed by atoms with Crippen LogP contribution in [0.1, 0.15) is 50.5 Å². The summed E-state index contributed by atoms with van der Waals surface area (Å²) in [4.78, 5) is 3.39. The van der Waals surface area contributed by atoms with Gasteiger partial charge in [0.15, 0.2) is 0 Å². The van der Waals surface area contributed by atoms with Gasteiger partial charge in [0.25, 0.3) is 0 Å². The highest BCUT2D eigenvalue weighted by Crippen LogP contribution is 2.43. The van der Waals surface area contributed by atoms with Gasteiger partial charge in [-0.15, -0.1) is 11.3 Å². The molecule has 1 aromatic rings. The minimum absolute atomic E-state index is 0.148. The number of aliphatic hydroxyl groups is 1. The predicted octanol–water partition coefficient (Wildman–Crippen LogP) is 4.09. The van der Waals surface area contributed by atoms with Gasteiger partial charge in [0.05, 0.1) is 15.4 Å². The van der Waals surface area contributed by atoms with Gasteiger partial charge in [0.2, 0.25) is 0 Å². The Kier molecular flexibility index (Phi) is 4.70. The molecule has 2 nitrogen and oxygen atoms in total. The first kappa shape index (κ1) is 14.3. The zero-order valence-electron chi connectivity index (χ0n) is 11.2. The van der Waals surface area contributed by atoms with Crippen LogP contribution in [0.3, 0.4) is 0 Å². The fourth-order valence-corrected chi connectivity index (χ4v) is 4.42. The average molecular weight is 288 g/mol. The fourth-order valence-electron chi connectivity index (χ4n) is 3.16. The normalized spacial score (nSPS) is 19.3. The maximum absolute atomic E-state index is 10.8. The monoisotopic (exact) mass is 287 g/mol. The second-order valence-corrected chi connectivity index (χ2v) is 6.40. The summed E-state index contributed by atoms with van der Waals surface area (Å²) in [7, 11) is 0. The van der Waals surface area contributed by atoms with Crippen LogP contribution >= 0.6 is 22.9 Å². The molecule has 2 rings (SSSR count). The molecular formula is C14H22ClNOS. The molecule has 0 spiro atoms. The van der Waals surface area contributed by atoms with E-state index in [-0.39, 0.29) is 5.54 Å². The summed E-state index contributed by atoms with van der Waals surface area (Å²) in [5, 5.41) is 13.5. The summed E-state index contributed by atoms with van der Waals surface area (Å²) < 4.78 is 0. The Morgan fingerprint density at radius 2 is 2.00 bits per heavy atom. The van der Waals surface area contributed by atoms with Crippen LogP contribution in [-0.4, -0.2) is 28.6 Å². The molecule has 2 heterocycles. The van der Waals surface area contributed by atoms with Crippen LogP contribution in [0.4, 0.5) is 0 Å². The summed E-state index contributed by atoms with van der Waals surface area (Å²) >= 11 is 7.76. The largest absolute Gasteiger partial charge is 0.386 e. The van der Waals surface area contributed by atoms with E-state index in [1.165, 1.54) is 12.8 Å². The van der Waals surface area contributed by atoms with Crippen molar-refractivity contribution in [2.75, 3.05) is 13.1 Å². The Morgan fingerprint density at radius 3 is 2.44 bits per heavy atom. The first-order valence-electron chi connectivity index (χ1n) is 6.81. The lowest BCUT2D eigenvalue weighted by Crippen LogP contribution is -2.50. The van der Waals surface area contributed by atoms with Crippen LogP contribution in [0.5, 0.6) is 0 Å². The summed E-state index contributed by atoms with van der Waals surface area (Å²) in [6.45, 7) is 6.54. The van der Waals surface area contributed by atoms with Crippen molar-refractivity contribution in [3.05, 3.63) is 21.3 Å². The smallest absolute Gasteiger partial charge is 0.108 e. The lowest BCUT2D eigenvalue weighted by Gasteiger charge is -2.44. The third kappa shape index (κ3) is 2.34. The van der Waals surface area contributed by atoms with Gasteiger partial charge in [0.1, 0.15) is 6.10 Å². The minimum atomic E-state index is -0.474. The van der Waals surface area contributed by atoms with Crippen molar-refractivity contribution < 1.29 is 5.11 Å². The molecule has 0 radical (unpaired) electrons. The van der Waals surface area contributed by atoms with Crippen LogP contribution in [0.2, 0.25) is 5.02 Å². The molecule has 1 aromatic heterocycles. The average Bonchev–Trinajstić information content (AvgIpc) is 3.02. The Labute approximate surface area is 119 Å². The topological polar surface area (TPSA) is 23.5 Å². The molecule has 102 valence electrons. The molecule has 0 amide bonds. The van der Waals surface area contributed by atoms with Crippen LogP contribution < -0.4 is 0 Å². The van der Waals surface area contributed by atoms with Gasteiger partial charge in [0, 0.05) is 0 Å². The molecule has 4 heteroatoms. The van der Waals surface area contributed by atoms with E-state index in [1.54, 1.807) is 11.3 Å². The van der Waals surface area contributed by atoms with Crippen LogP contribution in [0.15, 0.2) is 11.4 Å². The lowest BCUT2D eigenvalue weighted by molar-refractivity contribution is -0.0275. The van der Waals surface area contributed by atoms with E-state index in [0.29, 0.717) is 5.02 Å². The van der Waals surface area contributed by atoms with E-state index in [4.69, 9.17) is 11.6 Å². The number of hydrogen-bond acceptors (Lipinski definition) is 3. The Morgan fingerprint density at radius 1 is 1.39 bits per heavy atom. The Balaban J connectivity index is 2.31. The Hall–Kier alpha value is -0.0900. The van der Waals surface area contributed by atoms with Crippen molar-refractivity contribution in [3.8, 4) is 0 Å². The molecule has 1 fully saturated rings. The second-order valence-electron chi connectivity index (χ2n) is 5.04. The SMILES string of the molecule is CCC(CC)(C(O)c1sccc1Cl)N1CCCC1. The number of thiophene rings is 1. The van der Waals surface area contributed by atoms with Gasteiger partial charge in [-0.1, -0.05) is 25.4 Å². The number of nitrogens with zero attached hydrogens (tertiary/aromatic N) is 1. The third-order valence-electron chi connectivity index (χ3n) is 4.36. The summed E-state index contributed by atoms with van der Waals surface area (Å²) in [6.07, 6.45) is 3.93. The second kappa shape index (κ2) is 5.91. The van der Waals surface area contributed by atoms with E-state index in [9.17, 15) is 5.11 Å². The van der Waals surface area contributed by atoms with Crippen molar-refractivity contribution >= 4 is 22.9 Å². The van der Waals surface area contributed by atoms with E-state index < -0.39 is 6.10 Å². The number of likely N-dealkylation sites (tertiary alicyclic amines) is 1. The molecule has 0 aromatic carbocycles. The molecule has 1 atom stereocenters. The molecule has 0 aliphatic carbocycles. The van der Waals surface area contributed by atoms with E-state index in [0.717, 1.165) is 30.8 Å². The lowest BCUT2D eigenvalue weighted by atomic mass is 9.84. The van der Waals surface area contributed by atoms with Crippen molar-refractivity contribution in [2.24, 2.45) is 0 Å². The summed E-state index contributed by atoms with van der Waals surface area (Å²) in [5.41, 5.74) is -0.148. The van der Waals surface area contributed by atoms with Crippen LogP contribution in [0.25, 0.3) is 0 Å². The van der Waals surface area contributed by atoms with Gasteiger partial charge in [-0.25, -0.2) is 0 Å². The van der Waals surface area contributed by atoms with Crippen molar-refractivity contribution in [3.63, 3.8) is 0 Å². The van der Waals surface area contributed by atoms with Crippen LogP contribution in [-0.2, 0) is 0 Å². The highest BCUT2D eigenvalue weighted by atomic mass is 35.5. The van der Waals surface area contributed by atoms with Gasteiger partial charge < -0.3 is 5.11 Å². The fraction of sp³-hybridized carbons (Fsp3) is 0.714. The van der Waals surface area contributed by atoms with Gasteiger partial charge in [-0.05, 0) is 50.2 Å². The molecule has 0 bridgehead atoms. The number of rotatable bonds is 5. The molecule has 18 heavy (non-hydrogen) atoms. The first-order chi connectivity index (χ1) is 8.65. The highest BCUT2D eigenvalue weighted by molar-refractivity contribution is 7.10. The maximum atomic E-state index is 10.8. The number of hydrogen-bond donors (Lipinski definition) is 1. The number of aliphatic hydroxyl groups excluding tert-OH is 1. The van der Waals surface area contributed by atoms with E-state index in [1.807, 2.05) is 11.4 Å². The van der Waals surface area contributed by atoms with Gasteiger partial charge in [-0.3, -0.25) is 4.90 Å². The van der Waals surface area contributed by atoms with E-state index in [2.05, 4.69) is 18.7 Å². The highest BCUT2D eigenvalue weighted by Gasteiger charge is 2.43. The zero-order chi connectivity index (χ0) is 13.2. The third-order valence-corrected chi connectivity index (χ3v) is 5.77. The predicted molar refractivity (Wildman–Crippen MR) is 78.4 cm³/mol. The maximum Gasteiger partial charge on any atom is 0.108 e. The number of halogens is 1. The Bertz CT molecular complexity index is 383. The van der Waals surface area contributed by atoms with Gasteiger partial charge >= 0.3 is 0 Å².